The molecule has 0 aliphatic heterocycles. The van der Waals surface area contributed by atoms with Crippen LogP contribution in [-0.4, -0.2) is 0 Å². The second kappa shape index (κ2) is 3.54. The molecule has 0 unspecified atom stereocenters. The van der Waals surface area contributed by atoms with Crippen molar-refractivity contribution in [3.63, 3.8) is 0 Å². The van der Waals surface area contributed by atoms with Crippen molar-refractivity contribution >= 4 is 11.3 Å². The highest BCUT2D eigenvalue weighted by Crippen LogP contribution is 2.34. The lowest BCUT2D eigenvalue weighted by Gasteiger charge is -1.98. The maximum Gasteiger partial charge on any atom is 0.180 e. The van der Waals surface area contributed by atoms with Gasteiger partial charge in [0, 0.05) is 4.88 Å². The minimum atomic E-state index is -0.0682. The van der Waals surface area contributed by atoms with Crippen LogP contribution in [0.15, 0.2) is 30.3 Å². The van der Waals surface area contributed by atoms with E-state index in [-0.39, 0.29) is 5.13 Å². The van der Waals surface area contributed by atoms with Gasteiger partial charge in [0.2, 0.25) is 0 Å². The first-order valence-electron chi connectivity index (χ1n) is 4.51. The third kappa shape index (κ3) is 1.46. The summed E-state index contributed by atoms with van der Waals surface area (Å²) in [5, 5.41) is -0.0682. The summed E-state index contributed by atoms with van der Waals surface area (Å²) in [5.74, 6) is 0. The molecule has 2 rings (SSSR count). The van der Waals surface area contributed by atoms with Gasteiger partial charge in [-0.3, -0.25) is 0 Å². The molecule has 0 aliphatic rings. The lowest BCUT2D eigenvalue weighted by atomic mass is 10.1. The summed E-state index contributed by atoms with van der Waals surface area (Å²) >= 11 is 1.23. The van der Waals surface area contributed by atoms with Gasteiger partial charge in [0.1, 0.15) is 0 Å². The van der Waals surface area contributed by atoms with E-state index in [9.17, 15) is 4.39 Å². The average molecular weight is 206 g/mol. The van der Waals surface area contributed by atoms with Crippen LogP contribution in [0.3, 0.4) is 0 Å². The molecule has 1 aromatic heterocycles. The summed E-state index contributed by atoms with van der Waals surface area (Å²) in [4.78, 5) is 1.04. The van der Waals surface area contributed by atoms with E-state index < -0.39 is 0 Å². The number of thiophene rings is 1. The minimum absolute atomic E-state index is 0.0682. The fourth-order valence-corrected chi connectivity index (χ4v) is 2.47. The quantitative estimate of drug-likeness (QED) is 0.657. The van der Waals surface area contributed by atoms with Gasteiger partial charge in [0.05, 0.1) is 0 Å². The van der Waals surface area contributed by atoms with E-state index >= 15 is 0 Å². The van der Waals surface area contributed by atoms with E-state index in [2.05, 4.69) is 0 Å². The van der Waals surface area contributed by atoms with Crippen molar-refractivity contribution in [1.82, 2.24) is 0 Å². The number of hydrogen-bond acceptors (Lipinski definition) is 1. The number of rotatable bonds is 1. The molecule has 0 radical (unpaired) electrons. The minimum Gasteiger partial charge on any atom is -0.195 e. The Labute approximate surface area is 87.0 Å². The first-order valence-corrected chi connectivity index (χ1v) is 5.32. The average Bonchev–Trinajstić information content (AvgIpc) is 2.47. The van der Waals surface area contributed by atoms with Crippen molar-refractivity contribution in [2.45, 2.75) is 13.8 Å². The molecule has 72 valence electrons. The lowest BCUT2D eigenvalue weighted by molar-refractivity contribution is 0.647. The number of halogens is 1. The van der Waals surface area contributed by atoms with Crippen LogP contribution < -0.4 is 0 Å². The van der Waals surface area contributed by atoms with Crippen LogP contribution in [0, 0.1) is 19.0 Å². The summed E-state index contributed by atoms with van der Waals surface area (Å²) in [6.45, 7) is 3.80. The summed E-state index contributed by atoms with van der Waals surface area (Å²) in [5.41, 5.74) is 2.93. The summed E-state index contributed by atoms with van der Waals surface area (Å²) in [6, 6.07) is 9.94. The molecular formula is C12H11FS. The fourth-order valence-electron chi connectivity index (χ4n) is 1.43. The van der Waals surface area contributed by atoms with Crippen molar-refractivity contribution < 1.29 is 4.39 Å². The first kappa shape index (κ1) is 9.41. The molecule has 1 aromatic carbocycles. The molecule has 0 spiro atoms. The largest absolute Gasteiger partial charge is 0.195 e. The van der Waals surface area contributed by atoms with E-state index in [1.54, 1.807) is 0 Å². The van der Waals surface area contributed by atoms with E-state index in [1.807, 2.05) is 44.2 Å². The van der Waals surface area contributed by atoms with E-state index in [4.69, 9.17) is 0 Å². The van der Waals surface area contributed by atoms with Crippen LogP contribution in [-0.2, 0) is 0 Å². The molecule has 1 heterocycles. The van der Waals surface area contributed by atoms with Crippen molar-refractivity contribution in [3.8, 4) is 10.4 Å². The Bertz CT molecular complexity index is 443. The summed E-state index contributed by atoms with van der Waals surface area (Å²) in [7, 11) is 0. The van der Waals surface area contributed by atoms with Crippen LogP contribution in [0.4, 0.5) is 4.39 Å². The molecule has 0 saturated carbocycles. The van der Waals surface area contributed by atoms with Crippen LogP contribution in [0.25, 0.3) is 10.4 Å². The summed E-state index contributed by atoms with van der Waals surface area (Å²) in [6.07, 6.45) is 0. The molecular weight excluding hydrogens is 195 g/mol. The van der Waals surface area contributed by atoms with Crippen LogP contribution in [0.5, 0.6) is 0 Å². The Morgan fingerprint density at radius 2 is 1.64 bits per heavy atom. The van der Waals surface area contributed by atoms with E-state index in [0.717, 1.165) is 21.6 Å². The second-order valence-corrected chi connectivity index (χ2v) is 4.29. The van der Waals surface area contributed by atoms with Crippen molar-refractivity contribution in [1.29, 1.82) is 0 Å². The van der Waals surface area contributed by atoms with Gasteiger partial charge in [0.15, 0.2) is 5.13 Å². The Morgan fingerprint density at radius 1 is 1.00 bits per heavy atom. The molecule has 0 nitrogen and oxygen atoms in total. The fraction of sp³-hybridized carbons (Fsp3) is 0.167. The van der Waals surface area contributed by atoms with Crippen molar-refractivity contribution in [3.05, 3.63) is 46.6 Å². The standard InChI is InChI=1S/C12H11FS/c1-8-9(2)12(13)14-11(8)10-6-4-3-5-7-10/h3-7H,1-2H3. The van der Waals surface area contributed by atoms with Crippen molar-refractivity contribution in [2.24, 2.45) is 0 Å². The van der Waals surface area contributed by atoms with Gasteiger partial charge in [-0.25, -0.2) is 0 Å². The van der Waals surface area contributed by atoms with Crippen LogP contribution in [0.2, 0.25) is 0 Å². The molecule has 14 heavy (non-hydrogen) atoms. The normalized spacial score (nSPS) is 10.5. The zero-order valence-corrected chi connectivity index (χ0v) is 8.99. The maximum atomic E-state index is 13.3. The predicted octanol–water partition coefficient (Wildman–Crippen LogP) is 4.17. The SMILES string of the molecule is Cc1c(F)sc(-c2ccccc2)c1C. The van der Waals surface area contributed by atoms with Crippen LogP contribution in [0.1, 0.15) is 11.1 Å². The van der Waals surface area contributed by atoms with Gasteiger partial charge >= 0.3 is 0 Å². The van der Waals surface area contributed by atoms with E-state index in [1.165, 1.54) is 11.3 Å². The molecule has 0 atom stereocenters. The molecule has 0 aliphatic carbocycles. The zero-order valence-electron chi connectivity index (χ0n) is 8.17. The predicted molar refractivity (Wildman–Crippen MR) is 59.2 cm³/mol. The third-order valence-electron chi connectivity index (χ3n) is 2.43. The van der Waals surface area contributed by atoms with Gasteiger partial charge in [-0.15, -0.1) is 11.3 Å². The second-order valence-electron chi connectivity index (χ2n) is 3.32. The highest BCUT2D eigenvalue weighted by atomic mass is 32.1. The molecule has 2 heteroatoms. The maximum absolute atomic E-state index is 13.3. The zero-order chi connectivity index (χ0) is 10.1. The molecule has 0 fully saturated rings. The Morgan fingerprint density at radius 3 is 2.14 bits per heavy atom. The topological polar surface area (TPSA) is 0 Å². The Hall–Kier alpha value is -1.15. The number of hydrogen-bond donors (Lipinski definition) is 0. The van der Waals surface area contributed by atoms with Crippen LogP contribution >= 0.6 is 11.3 Å². The first-order chi connectivity index (χ1) is 6.70. The highest BCUT2D eigenvalue weighted by molar-refractivity contribution is 7.14. The molecule has 0 saturated heterocycles. The van der Waals surface area contributed by atoms with Crippen molar-refractivity contribution in [2.75, 3.05) is 0 Å². The molecule has 0 N–H and O–H groups in total. The van der Waals surface area contributed by atoms with Gasteiger partial charge < -0.3 is 0 Å². The smallest absolute Gasteiger partial charge is 0.180 e. The van der Waals surface area contributed by atoms with Gasteiger partial charge in [-0.2, -0.15) is 4.39 Å². The van der Waals surface area contributed by atoms with Gasteiger partial charge in [-0.1, -0.05) is 30.3 Å². The van der Waals surface area contributed by atoms with E-state index in [0.29, 0.717) is 0 Å². The molecule has 0 amide bonds. The van der Waals surface area contributed by atoms with Gasteiger partial charge in [-0.05, 0) is 30.5 Å². The third-order valence-corrected chi connectivity index (χ3v) is 3.66. The number of benzene rings is 1. The highest BCUT2D eigenvalue weighted by Gasteiger charge is 2.11. The molecule has 2 aromatic rings. The van der Waals surface area contributed by atoms with Gasteiger partial charge in [0.25, 0.3) is 0 Å². The monoisotopic (exact) mass is 206 g/mol. The Kier molecular flexibility index (Phi) is 2.38. The summed E-state index contributed by atoms with van der Waals surface area (Å²) < 4.78 is 13.3. The molecule has 0 bridgehead atoms. The Balaban J connectivity index is 2.58. The lowest BCUT2D eigenvalue weighted by Crippen LogP contribution is -1.77.